The topological polar surface area (TPSA) is 74.2 Å². The fourth-order valence-electron chi connectivity index (χ4n) is 7.39. The SMILES string of the molecule is Cc1ccc(-c2c3nc(c(-c4c(C)cc(C)cc4C)c4ccc([n-]4)c(-c4ccccc4)c4nc(cc5ccc2[n-]5)C(C)(C)C4O)C=C3)cc1.[Zn+2]. The molecule has 0 spiro atoms. The monoisotopic (exact) mass is 702 g/mol. The summed E-state index contributed by atoms with van der Waals surface area (Å²) in [6, 6.07) is 33.3. The molecule has 0 amide bonds. The first-order chi connectivity index (χ1) is 23.6. The van der Waals surface area contributed by atoms with Crippen molar-refractivity contribution in [3.05, 3.63) is 142 Å². The van der Waals surface area contributed by atoms with Crippen LogP contribution in [0.2, 0.25) is 0 Å². The van der Waals surface area contributed by atoms with Crippen molar-refractivity contribution in [3.8, 4) is 33.4 Å². The summed E-state index contributed by atoms with van der Waals surface area (Å²) >= 11 is 0. The molecular weight excluding hydrogens is 666 g/mol. The van der Waals surface area contributed by atoms with Crippen molar-refractivity contribution in [3.63, 3.8) is 0 Å². The number of nitrogens with zero attached hydrogens (tertiary/aromatic N) is 4. The second-order valence-corrected chi connectivity index (χ2v) is 14.0. The Morgan fingerprint density at radius 1 is 0.580 bits per heavy atom. The predicted octanol–water partition coefficient (Wildman–Crippen LogP) is 9.99. The van der Waals surface area contributed by atoms with E-state index in [0.717, 1.165) is 72.5 Å². The summed E-state index contributed by atoms with van der Waals surface area (Å²) in [6.45, 7) is 12.6. The van der Waals surface area contributed by atoms with Crippen LogP contribution < -0.4 is 9.97 Å². The molecule has 1 atom stereocenters. The average Bonchev–Trinajstić information content (AvgIpc) is 3.88. The summed E-state index contributed by atoms with van der Waals surface area (Å²) in [5.74, 6) is 0. The minimum atomic E-state index is -0.849. The van der Waals surface area contributed by atoms with Crippen LogP contribution in [0.25, 0.3) is 67.6 Å². The van der Waals surface area contributed by atoms with Gasteiger partial charge in [0.1, 0.15) is 6.10 Å². The Balaban J connectivity index is 0.00000392. The third-order valence-electron chi connectivity index (χ3n) is 9.94. The summed E-state index contributed by atoms with van der Waals surface area (Å²) in [7, 11) is 0. The van der Waals surface area contributed by atoms with Gasteiger partial charge in [-0.05, 0) is 84.4 Å². The van der Waals surface area contributed by atoms with E-state index in [2.05, 4.69) is 107 Å². The van der Waals surface area contributed by atoms with E-state index in [4.69, 9.17) is 19.9 Å². The van der Waals surface area contributed by atoms with Crippen LogP contribution in [0.15, 0.2) is 97.1 Å². The molecule has 0 radical (unpaired) electrons. The minimum absolute atomic E-state index is 0. The number of aromatic nitrogens is 4. The van der Waals surface area contributed by atoms with E-state index in [1.165, 1.54) is 22.3 Å². The van der Waals surface area contributed by atoms with Gasteiger partial charge in [-0.15, -0.1) is 22.1 Å². The van der Waals surface area contributed by atoms with Crippen molar-refractivity contribution in [2.24, 2.45) is 0 Å². The fraction of sp³-hybridized carbons (Fsp3) is 0.182. The Hall–Kier alpha value is -4.90. The van der Waals surface area contributed by atoms with Gasteiger partial charge in [0.15, 0.2) is 0 Å². The van der Waals surface area contributed by atoms with Crippen molar-refractivity contribution < 1.29 is 24.6 Å². The molecule has 8 rings (SSSR count). The van der Waals surface area contributed by atoms with Crippen molar-refractivity contribution in [2.45, 2.75) is 53.1 Å². The number of rotatable bonds is 3. The molecule has 8 bridgehead atoms. The van der Waals surface area contributed by atoms with Crippen LogP contribution in [-0.4, -0.2) is 15.1 Å². The van der Waals surface area contributed by atoms with Crippen molar-refractivity contribution in [1.29, 1.82) is 0 Å². The molecule has 0 fully saturated rings. The molecule has 1 N–H and O–H groups in total. The Bertz CT molecular complexity index is 2450. The Labute approximate surface area is 306 Å². The van der Waals surface area contributed by atoms with Gasteiger partial charge < -0.3 is 15.1 Å². The number of hydrogen-bond donors (Lipinski definition) is 1. The second-order valence-electron chi connectivity index (χ2n) is 14.0. The zero-order valence-electron chi connectivity index (χ0n) is 29.4. The maximum Gasteiger partial charge on any atom is 2.00 e. The van der Waals surface area contributed by atoms with Gasteiger partial charge in [0, 0.05) is 11.1 Å². The molecule has 5 heterocycles. The first-order valence-electron chi connectivity index (χ1n) is 16.8. The van der Waals surface area contributed by atoms with Crippen LogP contribution in [-0.2, 0) is 24.9 Å². The van der Waals surface area contributed by atoms with E-state index in [1.54, 1.807) is 0 Å². The molecule has 1 unspecified atom stereocenters. The Morgan fingerprint density at radius 3 is 1.84 bits per heavy atom. The molecule has 0 saturated carbocycles. The summed E-state index contributed by atoms with van der Waals surface area (Å²) in [5.41, 5.74) is 16.2. The molecular formula is C44H38N4OZn. The van der Waals surface area contributed by atoms with E-state index in [9.17, 15) is 5.11 Å². The predicted molar refractivity (Wildman–Crippen MR) is 201 cm³/mol. The number of hydrogen-bond acceptors (Lipinski definition) is 3. The molecule has 242 valence electrons. The molecule has 5 nitrogen and oxygen atoms in total. The smallest absolute Gasteiger partial charge is 0.657 e. The Kier molecular flexibility index (Phi) is 8.58. The van der Waals surface area contributed by atoms with Crippen LogP contribution in [0, 0.1) is 27.7 Å². The first-order valence-corrected chi connectivity index (χ1v) is 16.8. The Morgan fingerprint density at radius 2 is 1.16 bits per heavy atom. The van der Waals surface area contributed by atoms with Gasteiger partial charge in [-0.2, -0.15) is 0 Å². The first kappa shape index (κ1) is 33.6. The van der Waals surface area contributed by atoms with E-state index in [0.29, 0.717) is 5.69 Å². The van der Waals surface area contributed by atoms with Crippen LogP contribution in [0.4, 0.5) is 0 Å². The maximum absolute atomic E-state index is 12.0. The van der Waals surface area contributed by atoms with E-state index in [1.807, 2.05) is 44.2 Å². The normalized spacial score (nSPS) is 14.8. The molecule has 0 saturated heterocycles. The molecule has 2 aliphatic heterocycles. The standard InChI is InChI=1S/C44H38N4O.Zn/c1-25-12-14-30(15-13-25)39-32-17-16-31(45-32)24-37-44(5,6)43(49)42(48-37)40(29-10-8-7-9-11-29)34-19-21-36(47-34)41(35-20-18-33(39)46-35)38-27(3)22-26(2)23-28(38)4;/h7-24,43,49H,1-6H3;/q-2;+2. The summed E-state index contributed by atoms with van der Waals surface area (Å²) in [6.07, 6.45) is 3.36. The zero-order valence-corrected chi connectivity index (χ0v) is 32.4. The summed E-state index contributed by atoms with van der Waals surface area (Å²) in [4.78, 5) is 21.0. The van der Waals surface area contributed by atoms with Crippen LogP contribution in [0.3, 0.4) is 0 Å². The molecule has 0 aliphatic carbocycles. The van der Waals surface area contributed by atoms with E-state index in [-0.39, 0.29) is 19.5 Å². The zero-order chi connectivity index (χ0) is 34.0. The summed E-state index contributed by atoms with van der Waals surface area (Å²) in [5, 5.41) is 12.0. The number of aliphatic hydroxyl groups excluding tert-OH is 1. The van der Waals surface area contributed by atoms with Gasteiger partial charge in [-0.1, -0.05) is 122 Å². The van der Waals surface area contributed by atoms with Gasteiger partial charge in [0.05, 0.1) is 17.1 Å². The van der Waals surface area contributed by atoms with Gasteiger partial charge in [0.25, 0.3) is 0 Å². The largest absolute Gasteiger partial charge is 2.00 e. The average molecular weight is 704 g/mol. The molecule has 3 aromatic carbocycles. The third-order valence-corrected chi connectivity index (χ3v) is 9.94. The van der Waals surface area contributed by atoms with Gasteiger partial charge in [-0.3, -0.25) is 4.98 Å². The third kappa shape index (κ3) is 5.67. The molecule has 6 aromatic rings. The van der Waals surface area contributed by atoms with Crippen LogP contribution in [0.5, 0.6) is 0 Å². The maximum atomic E-state index is 12.0. The van der Waals surface area contributed by atoms with E-state index >= 15 is 0 Å². The molecule has 3 aromatic heterocycles. The quantitative estimate of drug-likeness (QED) is 0.186. The van der Waals surface area contributed by atoms with Crippen molar-refractivity contribution in [1.82, 2.24) is 19.9 Å². The summed E-state index contributed by atoms with van der Waals surface area (Å²) < 4.78 is 0. The number of aliphatic hydroxyl groups is 1. The minimum Gasteiger partial charge on any atom is -0.657 e. The van der Waals surface area contributed by atoms with Gasteiger partial charge >= 0.3 is 19.5 Å². The second kappa shape index (κ2) is 12.8. The molecule has 50 heavy (non-hydrogen) atoms. The van der Waals surface area contributed by atoms with Crippen LogP contribution >= 0.6 is 0 Å². The van der Waals surface area contributed by atoms with Gasteiger partial charge in [-0.25, -0.2) is 4.98 Å². The molecule has 2 aliphatic rings. The number of benzene rings is 3. The van der Waals surface area contributed by atoms with Crippen molar-refractivity contribution >= 4 is 34.2 Å². The number of aryl methyl sites for hydroxylation is 4. The van der Waals surface area contributed by atoms with Crippen molar-refractivity contribution in [2.75, 3.05) is 0 Å². The number of fused-ring (bicyclic) bond motifs is 8. The van der Waals surface area contributed by atoms with E-state index < -0.39 is 11.5 Å². The van der Waals surface area contributed by atoms with Gasteiger partial charge in [0.2, 0.25) is 0 Å². The fourth-order valence-corrected chi connectivity index (χ4v) is 7.39. The molecule has 6 heteroatoms. The van der Waals surface area contributed by atoms with Crippen LogP contribution in [0.1, 0.15) is 65.0 Å².